The molecule has 0 spiro atoms. The number of halogens is 5. The SMILES string of the molecule is CS(=O)(=O)OCC=Cc1c(F)c(F)c(F)c(F)c1F. The molecule has 0 amide bonds. The fourth-order valence-electron chi connectivity index (χ4n) is 1.10. The van der Waals surface area contributed by atoms with E-state index in [2.05, 4.69) is 4.18 Å². The summed E-state index contributed by atoms with van der Waals surface area (Å²) in [6.07, 6.45) is 2.08. The van der Waals surface area contributed by atoms with Gasteiger partial charge in [0.2, 0.25) is 5.82 Å². The second kappa shape index (κ2) is 5.66. The minimum atomic E-state index is -3.77. The number of rotatable bonds is 4. The van der Waals surface area contributed by atoms with Gasteiger partial charge >= 0.3 is 0 Å². The molecule has 0 N–H and O–H groups in total. The highest BCUT2D eigenvalue weighted by atomic mass is 32.2. The van der Waals surface area contributed by atoms with Gasteiger partial charge in [-0.2, -0.15) is 8.42 Å². The highest BCUT2D eigenvalue weighted by molar-refractivity contribution is 7.85. The lowest BCUT2D eigenvalue weighted by atomic mass is 10.1. The molecule has 0 aliphatic carbocycles. The first-order valence-corrected chi connectivity index (χ1v) is 6.49. The van der Waals surface area contributed by atoms with Gasteiger partial charge in [-0.25, -0.2) is 22.0 Å². The second-order valence-corrected chi connectivity index (χ2v) is 5.02. The molecule has 0 aliphatic rings. The van der Waals surface area contributed by atoms with Crippen LogP contribution in [0.2, 0.25) is 0 Å². The third kappa shape index (κ3) is 3.74. The molecule has 0 atom stereocenters. The van der Waals surface area contributed by atoms with Crippen LogP contribution < -0.4 is 0 Å². The highest BCUT2D eigenvalue weighted by Gasteiger charge is 2.24. The van der Waals surface area contributed by atoms with E-state index in [0.717, 1.165) is 12.3 Å². The van der Waals surface area contributed by atoms with Crippen molar-refractivity contribution < 1.29 is 34.6 Å². The van der Waals surface area contributed by atoms with Crippen LogP contribution in [0.3, 0.4) is 0 Å². The third-order valence-corrected chi connectivity index (χ3v) is 2.47. The lowest BCUT2D eigenvalue weighted by Gasteiger charge is -2.04. The number of hydrogen-bond donors (Lipinski definition) is 0. The van der Waals surface area contributed by atoms with Crippen molar-refractivity contribution >= 4 is 16.2 Å². The Hall–Kier alpha value is -1.48. The topological polar surface area (TPSA) is 43.4 Å². The van der Waals surface area contributed by atoms with Crippen LogP contribution >= 0.6 is 0 Å². The maximum atomic E-state index is 13.1. The summed E-state index contributed by atoms with van der Waals surface area (Å²) in [6.45, 7) is -0.599. The molecule has 9 heteroatoms. The average Bonchev–Trinajstić information content (AvgIpc) is 2.32. The van der Waals surface area contributed by atoms with E-state index in [9.17, 15) is 30.4 Å². The summed E-state index contributed by atoms with van der Waals surface area (Å²) in [5, 5.41) is 0. The minimum Gasteiger partial charge on any atom is -0.266 e. The van der Waals surface area contributed by atoms with Gasteiger partial charge in [-0.15, -0.1) is 0 Å². The fraction of sp³-hybridized carbons (Fsp3) is 0.200. The molecule has 1 rings (SSSR count). The monoisotopic (exact) mass is 302 g/mol. The molecule has 106 valence electrons. The van der Waals surface area contributed by atoms with Crippen molar-refractivity contribution in [1.29, 1.82) is 0 Å². The van der Waals surface area contributed by atoms with E-state index in [1.807, 2.05) is 0 Å². The molecule has 0 bridgehead atoms. The largest absolute Gasteiger partial charge is 0.266 e. The molecule has 0 aliphatic heterocycles. The van der Waals surface area contributed by atoms with E-state index in [-0.39, 0.29) is 0 Å². The molecule has 0 heterocycles. The molecular formula is C10H7F5O3S. The highest BCUT2D eigenvalue weighted by Crippen LogP contribution is 2.23. The van der Waals surface area contributed by atoms with Crippen molar-refractivity contribution in [3.8, 4) is 0 Å². The molecule has 0 aromatic heterocycles. The van der Waals surface area contributed by atoms with Crippen molar-refractivity contribution in [2.45, 2.75) is 0 Å². The minimum absolute atomic E-state index is 0.543. The van der Waals surface area contributed by atoms with Crippen molar-refractivity contribution in [3.63, 3.8) is 0 Å². The van der Waals surface area contributed by atoms with Crippen molar-refractivity contribution in [2.24, 2.45) is 0 Å². The molecule has 0 unspecified atom stereocenters. The van der Waals surface area contributed by atoms with E-state index in [4.69, 9.17) is 0 Å². The van der Waals surface area contributed by atoms with Gasteiger partial charge in [-0.1, -0.05) is 12.2 Å². The molecule has 19 heavy (non-hydrogen) atoms. The van der Waals surface area contributed by atoms with Gasteiger partial charge in [-0.05, 0) is 0 Å². The standard InChI is InChI=1S/C10H7F5O3S/c1-19(16,17)18-4-2-3-5-6(11)8(13)10(15)9(14)7(5)12/h2-3H,4H2,1H3. The summed E-state index contributed by atoms with van der Waals surface area (Å²) < 4.78 is 89.8. The van der Waals surface area contributed by atoms with Crippen LogP contribution in [0, 0.1) is 29.1 Å². The van der Waals surface area contributed by atoms with Crippen LogP contribution in [0.4, 0.5) is 22.0 Å². The van der Waals surface area contributed by atoms with Crippen molar-refractivity contribution in [3.05, 3.63) is 40.7 Å². The van der Waals surface area contributed by atoms with Crippen LogP contribution in [0.25, 0.3) is 6.08 Å². The Balaban J connectivity index is 3.06. The quantitative estimate of drug-likeness (QED) is 0.371. The first kappa shape index (κ1) is 15.6. The Labute approximate surface area is 105 Å². The Morgan fingerprint density at radius 3 is 1.79 bits per heavy atom. The van der Waals surface area contributed by atoms with E-state index in [1.165, 1.54) is 0 Å². The maximum absolute atomic E-state index is 13.1. The van der Waals surface area contributed by atoms with Gasteiger partial charge in [0.05, 0.1) is 18.4 Å². The van der Waals surface area contributed by atoms with Crippen molar-refractivity contribution in [2.75, 3.05) is 12.9 Å². The zero-order chi connectivity index (χ0) is 14.8. The van der Waals surface area contributed by atoms with E-state index < -0.39 is 51.4 Å². The van der Waals surface area contributed by atoms with E-state index in [1.54, 1.807) is 0 Å². The Bertz CT molecular complexity index is 596. The van der Waals surface area contributed by atoms with Gasteiger partial charge in [0.15, 0.2) is 23.3 Å². The lowest BCUT2D eigenvalue weighted by Crippen LogP contribution is -2.05. The first-order valence-electron chi connectivity index (χ1n) is 4.67. The molecule has 0 fully saturated rings. The van der Waals surface area contributed by atoms with Crippen molar-refractivity contribution in [1.82, 2.24) is 0 Å². The Kier molecular flexibility index (Phi) is 4.64. The third-order valence-electron chi connectivity index (χ3n) is 1.91. The van der Waals surface area contributed by atoms with Crippen LogP contribution in [-0.2, 0) is 14.3 Å². The normalized spacial score (nSPS) is 12.3. The van der Waals surface area contributed by atoms with E-state index >= 15 is 0 Å². The van der Waals surface area contributed by atoms with E-state index in [0.29, 0.717) is 6.08 Å². The molecule has 3 nitrogen and oxygen atoms in total. The first-order chi connectivity index (χ1) is 8.65. The lowest BCUT2D eigenvalue weighted by molar-refractivity contribution is 0.362. The summed E-state index contributed by atoms with van der Waals surface area (Å²) >= 11 is 0. The summed E-state index contributed by atoms with van der Waals surface area (Å²) in [7, 11) is -3.77. The van der Waals surface area contributed by atoms with Gasteiger partial charge in [-0.3, -0.25) is 4.18 Å². The van der Waals surface area contributed by atoms with Gasteiger partial charge in [0.1, 0.15) is 0 Å². The van der Waals surface area contributed by atoms with Gasteiger partial charge < -0.3 is 0 Å². The average molecular weight is 302 g/mol. The van der Waals surface area contributed by atoms with Crippen LogP contribution in [0.5, 0.6) is 0 Å². The Morgan fingerprint density at radius 1 is 0.947 bits per heavy atom. The van der Waals surface area contributed by atoms with Gasteiger partial charge in [0, 0.05) is 0 Å². The predicted octanol–water partition coefficient (Wildman–Crippen LogP) is 2.37. The maximum Gasteiger partial charge on any atom is 0.264 e. The zero-order valence-corrected chi connectivity index (χ0v) is 10.2. The molecule has 1 aromatic carbocycles. The van der Waals surface area contributed by atoms with Crippen LogP contribution in [0.15, 0.2) is 6.08 Å². The molecule has 0 saturated heterocycles. The summed E-state index contributed by atoms with van der Waals surface area (Å²) in [5.74, 6) is -10.4. The zero-order valence-electron chi connectivity index (χ0n) is 9.38. The summed E-state index contributed by atoms with van der Waals surface area (Å²) in [4.78, 5) is 0. The summed E-state index contributed by atoms with van der Waals surface area (Å²) in [5.41, 5.74) is -1.17. The Morgan fingerprint density at radius 2 is 1.37 bits per heavy atom. The number of hydrogen-bond acceptors (Lipinski definition) is 3. The molecule has 0 saturated carbocycles. The smallest absolute Gasteiger partial charge is 0.264 e. The van der Waals surface area contributed by atoms with Crippen LogP contribution in [-0.4, -0.2) is 21.3 Å². The predicted molar refractivity (Wildman–Crippen MR) is 56.1 cm³/mol. The summed E-state index contributed by atoms with van der Waals surface area (Å²) in [6, 6.07) is 0. The van der Waals surface area contributed by atoms with Crippen LogP contribution in [0.1, 0.15) is 5.56 Å². The second-order valence-electron chi connectivity index (χ2n) is 3.37. The molecular weight excluding hydrogens is 295 g/mol. The fourth-order valence-corrected chi connectivity index (χ4v) is 1.42. The number of benzene rings is 1. The molecule has 1 aromatic rings. The molecule has 0 radical (unpaired) electrons. The van der Waals surface area contributed by atoms with Gasteiger partial charge in [0.25, 0.3) is 10.1 Å².